The van der Waals surface area contributed by atoms with Gasteiger partial charge in [0.1, 0.15) is 0 Å². The number of hydrogen-bond donors (Lipinski definition) is 2. The van der Waals surface area contributed by atoms with Crippen molar-refractivity contribution in [2.45, 2.75) is 50.7 Å². The van der Waals surface area contributed by atoms with E-state index >= 15 is 0 Å². The van der Waals surface area contributed by atoms with Crippen LogP contribution in [-0.4, -0.2) is 23.8 Å². The number of nitrogens with one attached hydrogen (secondary N) is 1. The van der Waals surface area contributed by atoms with E-state index in [1.54, 1.807) is 0 Å². The molecule has 12 heavy (non-hydrogen) atoms. The predicted octanol–water partition coefficient (Wildman–Crippen LogP) is 1.29. The first kappa shape index (κ1) is 8.52. The molecule has 0 amide bonds. The second-order valence-electron chi connectivity index (χ2n) is 4.22. The molecule has 2 nitrogen and oxygen atoms in total. The number of aliphatic hydroxyl groups is 1. The third kappa shape index (κ3) is 1.64. The fourth-order valence-corrected chi connectivity index (χ4v) is 2.69. The number of hydrogen-bond acceptors (Lipinski definition) is 2. The summed E-state index contributed by atoms with van der Waals surface area (Å²) in [6.45, 7) is 1.16. The van der Waals surface area contributed by atoms with Crippen molar-refractivity contribution >= 4 is 0 Å². The summed E-state index contributed by atoms with van der Waals surface area (Å²) in [5, 5.41) is 13.3. The lowest BCUT2D eigenvalue weighted by Crippen LogP contribution is -2.39. The maximum atomic E-state index is 9.79. The first-order chi connectivity index (χ1) is 5.88. The normalized spacial score (nSPS) is 43.2. The Morgan fingerprint density at radius 2 is 1.83 bits per heavy atom. The molecule has 3 atom stereocenters. The predicted molar refractivity (Wildman–Crippen MR) is 49.0 cm³/mol. The quantitative estimate of drug-likeness (QED) is 0.620. The second kappa shape index (κ2) is 3.75. The van der Waals surface area contributed by atoms with E-state index in [4.69, 9.17) is 0 Å². The van der Waals surface area contributed by atoms with Crippen molar-refractivity contribution in [3.63, 3.8) is 0 Å². The van der Waals surface area contributed by atoms with Crippen LogP contribution in [0.15, 0.2) is 0 Å². The van der Waals surface area contributed by atoms with Gasteiger partial charge in [-0.05, 0) is 32.2 Å². The summed E-state index contributed by atoms with van der Waals surface area (Å²) in [5.41, 5.74) is 0. The highest BCUT2D eigenvalue weighted by atomic mass is 16.3. The van der Waals surface area contributed by atoms with Gasteiger partial charge in [0.2, 0.25) is 0 Å². The Kier molecular flexibility index (Phi) is 2.66. The van der Waals surface area contributed by atoms with Crippen LogP contribution in [0.3, 0.4) is 0 Å². The van der Waals surface area contributed by atoms with Gasteiger partial charge >= 0.3 is 0 Å². The number of aliphatic hydroxyl groups excluding tert-OH is 1. The number of rotatable bonds is 1. The van der Waals surface area contributed by atoms with Gasteiger partial charge < -0.3 is 10.4 Å². The standard InChI is InChI=1S/C10H19NO/c12-10-6-2-1-4-8(10)9-5-3-7-11-9/h8-12H,1-7H2/t8-,9?,10+/m0/s1. The average Bonchev–Trinajstić information content (AvgIpc) is 2.57. The van der Waals surface area contributed by atoms with Crippen molar-refractivity contribution in [1.82, 2.24) is 5.32 Å². The minimum atomic E-state index is -0.0191. The molecule has 1 aliphatic heterocycles. The topological polar surface area (TPSA) is 32.3 Å². The summed E-state index contributed by atoms with van der Waals surface area (Å²) in [5.74, 6) is 0.557. The lowest BCUT2D eigenvalue weighted by atomic mass is 9.81. The Morgan fingerprint density at radius 1 is 1.00 bits per heavy atom. The molecule has 0 aromatic rings. The summed E-state index contributed by atoms with van der Waals surface area (Å²) in [7, 11) is 0. The molecule has 2 aliphatic rings. The minimum Gasteiger partial charge on any atom is -0.393 e. The van der Waals surface area contributed by atoms with E-state index in [9.17, 15) is 5.11 Å². The maximum absolute atomic E-state index is 9.79. The minimum absolute atomic E-state index is 0.0191. The Hall–Kier alpha value is -0.0800. The highest BCUT2D eigenvalue weighted by Crippen LogP contribution is 2.30. The van der Waals surface area contributed by atoms with Gasteiger partial charge in [-0.15, -0.1) is 0 Å². The van der Waals surface area contributed by atoms with E-state index in [2.05, 4.69) is 5.32 Å². The zero-order chi connectivity index (χ0) is 8.39. The molecule has 70 valence electrons. The van der Waals surface area contributed by atoms with Crippen LogP contribution in [0.5, 0.6) is 0 Å². The summed E-state index contributed by atoms with van der Waals surface area (Å²) < 4.78 is 0. The third-order valence-electron chi connectivity index (χ3n) is 3.40. The van der Waals surface area contributed by atoms with E-state index < -0.39 is 0 Å². The Bertz CT molecular complexity index is 143. The molecule has 1 saturated heterocycles. The van der Waals surface area contributed by atoms with Crippen LogP contribution in [0, 0.1) is 5.92 Å². The van der Waals surface area contributed by atoms with Gasteiger partial charge in [-0.25, -0.2) is 0 Å². The van der Waals surface area contributed by atoms with E-state index in [-0.39, 0.29) is 6.10 Å². The van der Waals surface area contributed by atoms with Crippen molar-refractivity contribution in [2.75, 3.05) is 6.54 Å². The van der Waals surface area contributed by atoms with Gasteiger partial charge in [0.15, 0.2) is 0 Å². The van der Waals surface area contributed by atoms with Gasteiger partial charge in [0, 0.05) is 12.0 Å². The molecule has 0 aromatic heterocycles. The van der Waals surface area contributed by atoms with Crippen LogP contribution in [-0.2, 0) is 0 Å². The smallest absolute Gasteiger partial charge is 0.0583 e. The van der Waals surface area contributed by atoms with Gasteiger partial charge in [-0.1, -0.05) is 12.8 Å². The Balaban J connectivity index is 1.91. The molecule has 0 aromatic carbocycles. The van der Waals surface area contributed by atoms with Crippen LogP contribution in [0.25, 0.3) is 0 Å². The molecule has 0 bridgehead atoms. The van der Waals surface area contributed by atoms with Crippen molar-refractivity contribution in [3.8, 4) is 0 Å². The second-order valence-corrected chi connectivity index (χ2v) is 4.22. The molecule has 2 heteroatoms. The average molecular weight is 169 g/mol. The van der Waals surface area contributed by atoms with Crippen molar-refractivity contribution < 1.29 is 5.11 Å². The fraction of sp³-hybridized carbons (Fsp3) is 1.00. The monoisotopic (exact) mass is 169 g/mol. The molecule has 1 unspecified atom stereocenters. The molecule has 0 spiro atoms. The molecule has 2 rings (SSSR count). The van der Waals surface area contributed by atoms with Crippen molar-refractivity contribution in [3.05, 3.63) is 0 Å². The summed E-state index contributed by atoms with van der Waals surface area (Å²) in [6, 6.07) is 0.625. The highest BCUT2D eigenvalue weighted by molar-refractivity contribution is 4.87. The Labute approximate surface area is 74.4 Å². The van der Waals surface area contributed by atoms with E-state index in [1.165, 1.54) is 32.1 Å². The molecular formula is C10H19NO. The van der Waals surface area contributed by atoms with Gasteiger partial charge in [-0.3, -0.25) is 0 Å². The SMILES string of the molecule is O[C@@H]1CCCC[C@H]1C1CCCN1. The van der Waals surface area contributed by atoms with Crippen LogP contribution in [0.1, 0.15) is 38.5 Å². The van der Waals surface area contributed by atoms with Crippen molar-refractivity contribution in [1.29, 1.82) is 0 Å². The van der Waals surface area contributed by atoms with Gasteiger partial charge in [0.25, 0.3) is 0 Å². The van der Waals surface area contributed by atoms with Gasteiger partial charge in [0.05, 0.1) is 6.10 Å². The van der Waals surface area contributed by atoms with Gasteiger partial charge in [-0.2, -0.15) is 0 Å². The molecule has 1 heterocycles. The van der Waals surface area contributed by atoms with E-state index in [0.29, 0.717) is 12.0 Å². The lowest BCUT2D eigenvalue weighted by Gasteiger charge is -2.32. The first-order valence-electron chi connectivity index (χ1n) is 5.29. The summed E-state index contributed by atoms with van der Waals surface area (Å²) in [6.07, 6.45) is 7.37. The molecule has 0 radical (unpaired) electrons. The van der Waals surface area contributed by atoms with Crippen LogP contribution in [0.4, 0.5) is 0 Å². The molecule has 2 fully saturated rings. The lowest BCUT2D eigenvalue weighted by molar-refractivity contribution is 0.0521. The van der Waals surface area contributed by atoms with E-state index in [1.807, 2.05) is 0 Å². The molecular weight excluding hydrogens is 150 g/mol. The van der Waals surface area contributed by atoms with Crippen LogP contribution < -0.4 is 5.32 Å². The summed E-state index contributed by atoms with van der Waals surface area (Å²) in [4.78, 5) is 0. The third-order valence-corrected chi connectivity index (χ3v) is 3.40. The molecule has 1 aliphatic carbocycles. The van der Waals surface area contributed by atoms with Crippen LogP contribution in [0.2, 0.25) is 0 Å². The van der Waals surface area contributed by atoms with Crippen molar-refractivity contribution in [2.24, 2.45) is 5.92 Å². The first-order valence-corrected chi connectivity index (χ1v) is 5.29. The van der Waals surface area contributed by atoms with Crippen LogP contribution >= 0.6 is 0 Å². The fourth-order valence-electron chi connectivity index (χ4n) is 2.69. The molecule has 1 saturated carbocycles. The zero-order valence-corrected chi connectivity index (χ0v) is 7.63. The highest BCUT2D eigenvalue weighted by Gasteiger charge is 2.31. The molecule has 2 N–H and O–H groups in total. The maximum Gasteiger partial charge on any atom is 0.0583 e. The largest absolute Gasteiger partial charge is 0.393 e. The Morgan fingerprint density at radius 3 is 2.50 bits per heavy atom. The van der Waals surface area contributed by atoms with E-state index in [0.717, 1.165) is 13.0 Å². The summed E-state index contributed by atoms with van der Waals surface area (Å²) >= 11 is 0. The zero-order valence-electron chi connectivity index (χ0n) is 7.63.